The SMILES string of the molecule is Cl.NCCCCCCC(=O)N1CCCCC1C(=O)N1CCOCC1. The molecule has 1 atom stereocenters. The highest BCUT2D eigenvalue weighted by Crippen LogP contribution is 2.21. The van der Waals surface area contributed by atoms with Gasteiger partial charge in [-0.15, -0.1) is 12.4 Å². The van der Waals surface area contributed by atoms with Crippen molar-refractivity contribution in [2.45, 2.75) is 57.4 Å². The number of morpholine rings is 1. The molecular formula is C17H32ClN3O3. The van der Waals surface area contributed by atoms with E-state index < -0.39 is 0 Å². The maximum atomic E-state index is 12.7. The fourth-order valence-electron chi connectivity index (χ4n) is 3.40. The summed E-state index contributed by atoms with van der Waals surface area (Å²) in [7, 11) is 0. The first-order valence-corrected chi connectivity index (χ1v) is 9.10. The predicted molar refractivity (Wildman–Crippen MR) is 96.1 cm³/mol. The Kier molecular flexibility index (Phi) is 10.3. The monoisotopic (exact) mass is 361 g/mol. The van der Waals surface area contributed by atoms with Crippen LogP contribution in [0.3, 0.4) is 0 Å². The molecule has 0 saturated carbocycles. The van der Waals surface area contributed by atoms with E-state index in [9.17, 15) is 9.59 Å². The highest BCUT2D eigenvalue weighted by Gasteiger charge is 2.34. The van der Waals surface area contributed by atoms with E-state index in [-0.39, 0.29) is 30.3 Å². The van der Waals surface area contributed by atoms with Crippen LogP contribution in [0.15, 0.2) is 0 Å². The lowest BCUT2D eigenvalue weighted by atomic mass is 9.99. The van der Waals surface area contributed by atoms with Crippen molar-refractivity contribution in [3.63, 3.8) is 0 Å². The van der Waals surface area contributed by atoms with Crippen LogP contribution in [0.1, 0.15) is 51.4 Å². The number of nitrogens with zero attached hydrogens (tertiary/aromatic N) is 2. The molecule has 140 valence electrons. The number of unbranched alkanes of at least 4 members (excludes halogenated alkanes) is 3. The van der Waals surface area contributed by atoms with Gasteiger partial charge < -0.3 is 20.3 Å². The maximum absolute atomic E-state index is 12.7. The summed E-state index contributed by atoms with van der Waals surface area (Å²) in [6.07, 6.45) is 7.43. The molecule has 6 nitrogen and oxygen atoms in total. The van der Waals surface area contributed by atoms with E-state index in [4.69, 9.17) is 10.5 Å². The van der Waals surface area contributed by atoms with E-state index in [1.807, 2.05) is 9.80 Å². The Morgan fingerprint density at radius 3 is 2.42 bits per heavy atom. The Bertz CT molecular complexity index is 389. The molecular weight excluding hydrogens is 330 g/mol. The zero-order valence-electron chi connectivity index (χ0n) is 14.6. The van der Waals surface area contributed by atoms with Crippen LogP contribution in [-0.2, 0) is 14.3 Å². The summed E-state index contributed by atoms with van der Waals surface area (Å²) in [6.45, 7) is 3.95. The van der Waals surface area contributed by atoms with Crippen molar-refractivity contribution in [3.8, 4) is 0 Å². The number of halogens is 1. The molecule has 0 aromatic heterocycles. The minimum absolute atomic E-state index is 0. The molecule has 24 heavy (non-hydrogen) atoms. The Labute approximate surface area is 151 Å². The normalized spacial score (nSPS) is 21.3. The number of hydrogen-bond acceptors (Lipinski definition) is 4. The molecule has 2 saturated heterocycles. The predicted octanol–water partition coefficient (Wildman–Crippen LogP) is 1.56. The van der Waals surface area contributed by atoms with E-state index in [0.717, 1.165) is 58.0 Å². The van der Waals surface area contributed by atoms with Crippen molar-refractivity contribution in [3.05, 3.63) is 0 Å². The minimum atomic E-state index is -0.251. The highest BCUT2D eigenvalue weighted by atomic mass is 35.5. The third kappa shape index (κ3) is 6.22. The van der Waals surface area contributed by atoms with Crippen molar-refractivity contribution in [2.75, 3.05) is 39.4 Å². The molecule has 0 aliphatic carbocycles. The average Bonchev–Trinajstić information content (AvgIpc) is 2.61. The van der Waals surface area contributed by atoms with Crippen LogP contribution in [0, 0.1) is 0 Å². The van der Waals surface area contributed by atoms with Crippen LogP contribution in [0.4, 0.5) is 0 Å². The summed E-state index contributed by atoms with van der Waals surface area (Å²) < 4.78 is 5.31. The number of amides is 2. The van der Waals surface area contributed by atoms with Crippen molar-refractivity contribution >= 4 is 24.2 Å². The van der Waals surface area contributed by atoms with E-state index in [1.54, 1.807) is 0 Å². The van der Waals surface area contributed by atoms with Gasteiger partial charge in [-0.05, 0) is 38.6 Å². The number of ether oxygens (including phenoxy) is 1. The standard InChI is InChI=1S/C17H31N3O3.ClH/c18-9-5-2-1-3-8-16(21)20-10-6-4-7-15(20)17(22)19-11-13-23-14-12-19;/h15H,1-14,18H2;1H. The topological polar surface area (TPSA) is 75.9 Å². The van der Waals surface area contributed by atoms with Gasteiger partial charge >= 0.3 is 0 Å². The largest absolute Gasteiger partial charge is 0.378 e. The van der Waals surface area contributed by atoms with Gasteiger partial charge in [-0.3, -0.25) is 9.59 Å². The van der Waals surface area contributed by atoms with Gasteiger partial charge in [0.2, 0.25) is 11.8 Å². The number of likely N-dealkylation sites (tertiary alicyclic amines) is 1. The zero-order valence-corrected chi connectivity index (χ0v) is 15.4. The average molecular weight is 362 g/mol. The van der Waals surface area contributed by atoms with Gasteiger partial charge in [0.25, 0.3) is 0 Å². The molecule has 2 fully saturated rings. The highest BCUT2D eigenvalue weighted by molar-refractivity contribution is 5.88. The van der Waals surface area contributed by atoms with Gasteiger partial charge in [-0.2, -0.15) is 0 Å². The van der Waals surface area contributed by atoms with Gasteiger partial charge in [0.1, 0.15) is 6.04 Å². The molecule has 0 bridgehead atoms. The molecule has 2 aliphatic heterocycles. The van der Waals surface area contributed by atoms with Crippen LogP contribution >= 0.6 is 12.4 Å². The van der Waals surface area contributed by atoms with Crippen molar-refractivity contribution in [2.24, 2.45) is 5.73 Å². The Hall–Kier alpha value is -0.850. The lowest BCUT2D eigenvalue weighted by Crippen LogP contribution is -2.55. The summed E-state index contributed by atoms with van der Waals surface area (Å²) in [5.74, 6) is 0.258. The molecule has 7 heteroatoms. The summed E-state index contributed by atoms with van der Waals surface area (Å²) in [4.78, 5) is 29.0. The number of rotatable bonds is 7. The fourth-order valence-corrected chi connectivity index (χ4v) is 3.40. The molecule has 2 aliphatic rings. The number of hydrogen-bond donors (Lipinski definition) is 1. The summed E-state index contributed by atoms with van der Waals surface area (Å²) >= 11 is 0. The van der Waals surface area contributed by atoms with Gasteiger partial charge in [0.05, 0.1) is 13.2 Å². The molecule has 0 aromatic carbocycles. The smallest absolute Gasteiger partial charge is 0.245 e. The first-order valence-electron chi connectivity index (χ1n) is 9.10. The molecule has 2 heterocycles. The molecule has 0 aromatic rings. The fraction of sp³-hybridized carbons (Fsp3) is 0.882. The van der Waals surface area contributed by atoms with E-state index >= 15 is 0 Å². The Balaban J connectivity index is 0.00000288. The van der Waals surface area contributed by atoms with Crippen LogP contribution in [0.2, 0.25) is 0 Å². The van der Waals surface area contributed by atoms with Crippen molar-refractivity contribution < 1.29 is 14.3 Å². The van der Waals surface area contributed by atoms with E-state index in [2.05, 4.69) is 0 Å². The zero-order chi connectivity index (χ0) is 16.5. The number of carbonyl (C=O) groups is 2. The molecule has 2 amide bonds. The summed E-state index contributed by atoms with van der Waals surface area (Å²) in [5, 5.41) is 0. The second kappa shape index (κ2) is 11.7. The van der Waals surface area contributed by atoms with Gasteiger partial charge in [0, 0.05) is 26.1 Å². The number of nitrogens with two attached hydrogens (primary N) is 1. The third-order valence-corrected chi connectivity index (χ3v) is 4.78. The van der Waals surface area contributed by atoms with E-state index in [0.29, 0.717) is 32.7 Å². The van der Waals surface area contributed by atoms with Crippen LogP contribution < -0.4 is 5.73 Å². The van der Waals surface area contributed by atoms with E-state index in [1.165, 1.54) is 0 Å². The second-order valence-corrected chi connectivity index (χ2v) is 6.49. The lowest BCUT2D eigenvalue weighted by Gasteiger charge is -2.38. The molecule has 1 unspecified atom stereocenters. The number of piperidine rings is 1. The maximum Gasteiger partial charge on any atom is 0.245 e. The molecule has 0 radical (unpaired) electrons. The lowest BCUT2D eigenvalue weighted by molar-refractivity contribution is -0.150. The van der Waals surface area contributed by atoms with Gasteiger partial charge in [-0.1, -0.05) is 12.8 Å². The first-order chi connectivity index (χ1) is 11.2. The Morgan fingerprint density at radius 1 is 1.00 bits per heavy atom. The quantitative estimate of drug-likeness (QED) is 0.698. The Morgan fingerprint density at radius 2 is 1.71 bits per heavy atom. The van der Waals surface area contributed by atoms with Gasteiger partial charge in [-0.25, -0.2) is 0 Å². The molecule has 2 N–H and O–H groups in total. The number of carbonyl (C=O) groups excluding carboxylic acids is 2. The minimum Gasteiger partial charge on any atom is -0.378 e. The van der Waals surface area contributed by atoms with Crippen LogP contribution in [0.5, 0.6) is 0 Å². The second-order valence-electron chi connectivity index (χ2n) is 6.49. The van der Waals surface area contributed by atoms with Crippen molar-refractivity contribution in [1.82, 2.24) is 9.80 Å². The molecule has 2 rings (SSSR count). The van der Waals surface area contributed by atoms with Gasteiger partial charge in [0.15, 0.2) is 0 Å². The van der Waals surface area contributed by atoms with Crippen molar-refractivity contribution in [1.29, 1.82) is 0 Å². The van der Waals surface area contributed by atoms with Crippen LogP contribution in [-0.4, -0.2) is 67.0 Å². The molecule has 0 spiro atoms. The summed E-state index contributed by atoms with van der Waals surface area (Å²) in [6, 6.07) is -0.251. The summed E-state index contributed by atoms with van der Waals surface area (Å²) in [5.41, 5.74) is 5.48. The first kappa shape index (κ1) is 21.2. The van der Waals surface area contributed by atoms with Crippen LogP contribution in [0.25, 0.3) is 0 Å². The third-order valence-electron chi connectivity index (χ3n) is 4.78.